The quantitative estimate of drug-likeness (QED) is 0.646. The number of nitrogens with one attached hydrogen (secondary N) is 1. The summed E-state index contributed by atoms with van der Waals surface area (Å²) in [5.41, 5.74) is 1.04. The third-order valence-electron chi connectivity index (χ3n) is 2.97. The molecule has 0 saturated carbocycles. The van der Waals surface area contributed by atoms with Gasteiger partial charge in [0.2, 0.25) is 11.8 Å². The van der Waals surface area contributed by atoms with Crippen LogP contribution in [0.25, 0.3) is 0 Å². The van der Waals surface area contributed by atoms with Crippen LogP contribution in [0.2, 0.25) is 0 Å². The molecule has 0 saturated heterocycles. The van der Waals surface area contributed by atoms with Gasteiger partial charge in [-0.1, -0.05) is 23.9 Å². The molecule has 0 spiro atoms. The number of amides is 1. The number of rotatable bonds is 7. The minimum atomic E-state index is -0.162. The molecule has 1 aromatic carbocycles. The lowest BCUT2D eigenvalue weighted by Crippen LogP contribution is -2.13. The molecule has 0 aliphatic carbocycles. The summed E-state index contributed by atoms with van der Waals surface area (Å²) in [4.78, 5) is 15.8. The van der Waals surface area contributed by atoms with Crippen LogP contribution in [0, 0.1) is 0 Å². The lowest BCUT2D eigenvalue weighted by Gasteiger charge is -2.00. The molecule has 24 heavy (non-hydrogen) atoms. The van der Waals surface area contributed by atoms with Crippen molar-refractivity contribution in [3.8, 4) is 5.75 Å². The van der Waals surface area contributed by atoms with Crippen LogP contribution in [0.5, 0.6) is 5.75 Å². The molecule has 3 aromatic rings. The fourth-order valence-electron chi connectivity index (χ4n) is 1.85. The van der Waals surface area contributed by atoms with Crippen molar-refractivity contribution in [2.45, 2.75) is 11.6 Å². The molecular weight excluding hydrogens is 348 g/mol. The number of nitrogens with zero attached hydrogens (tertiary/aromatic N) is 3. The standard InChI is InChI=1S/C15H14N4O3S2/c1-21-11-4-2-10(3-5-11)8-13-18-19-15(22-13)24-9-12(20)17-14-16-6-7-23-14/h2-7H,8-9H2,1H3,(H,16,17,20). The van der Waals surface area contributed by atoms with Crippen LogP contribution in [0.4, 0.5) is 5.13 Å². The average molecular weight is 362 g/mol. The number of aromatic nitrogens is 3. The summed E-state index contributed by atoms with van der Waals surface area (Å²) >= 11 is 2.56. The van der Waals surface area contributed by atoms with Crippen molar-refractivity contribution >= 4 is 34.1 Å². The average Bonchev–Trinajstić information content (AvgIpc) is 3.26. The van der Waals surface area contributed by atoms with Crippen LogP contribution in [0.3, 0.4) is 0 Å². The van der Waals surface area contributed by atoms with Crippen molar-refractivity contribution in [3.63, 3.8) is 0 Å². The zero-order valence-electron chi connectivity index (χ0n) is 12.8. The van der Waals surface area contributed by atoms with E-state index in [1.807, 2.05) is 24.3 Å². The van der Waals surface area contributed by atoms with Crippen LogP contribution < -0.4 is 10.1 Å². The zero-order chi connectivity index (χ0) is 16.8. The Balaban J connectivity index is 1.50. The lowest BCUT2D eigenvalue weighted by molar-refractivity contribution is -0.113. The second-order valence-corrected chi connectivity index (χ2v) is 6.48. The van der Waals surface area contributed by atoms with E-state index >= 15 is 0 Å². The number of benzene rings is 1. The highest BCUT2D eigenvalue weighted by molar-refractivity contribution is 7.99. The molecule has 0 aliphatic rings. The maximum Gasteiger partial charge on any atom is 0.277 e. The smallest absolute Gasteiger partial charge is 0.277 e. The normalized spacial score (nSPS) is 10.5. The SMILES string of the molecule is COc1ccc(Cc2nnc(SCC(=O)Nc3nccs3)o2)cc1. The molecule has 2 heterocycles. The fraction of sp³-hybridized carbons (Fsp3) is 0.200. The first-order chi connectivity index (χ1) is 11.7. The zero-order valence-corrected chi connectivity index (χ0v) is 14.4. The molecular formula is C15H14N4O3S2. The van der Waals surface area contributed by atoms with Crippen molar-refractivity contribution in [2.75, 3.05) is 18.2 Å². The van der Waals surface area contributed by atoms with Gasteiger partial charge in [0.05, 0.1) is 19.3 Å². The number of anilines is 1. The second-order valence-electron chi connectivity index (χ2n) is 4.66. The Morgan fingerprint density at radius 3 is 2.88 bits per heavy atom. The first-order valence-electron chi connectivity index (χ1n) is 7.00. The van der Waals surface area contributed by atoms with E-state index in [0.29, 0.717) is 22.7 Å². The second kappa shape index (κ2) is 7.93. The van der Waals surface area contributed by atoms with Crippen LogP contribution >= 0.6 is 23.1 Å². The van der Waals surface area contributed by atoms with Gasteiger partial charge in [0.25, 0.3) is 5.22 Å². The first kappa shape index (κ1) is 16.5. The van der Waals surface area contributed by atoms with Crippen molar-refractivity contribution in [2.24, 2.45) is 0 Å². The van der Waals surface area contributed by atoms with E-state index in [0.717, 1.165) is 11.3 Å². The highest BCUT2D eigenvalue weighted by Crippen LogP contribution is 2.19. The highest BCUT2D eigenvalue weighted by atomic mass is 32.2. The van der Waals surface area contributed by atoms with E-state index < -0.39 is 0 Å². The number of hydrogen-bond donors (Lipinski definition) is 1. The van der Waals surface area contributed by atoms with Gasteiger partial charge in [0.1, 0.15) is 5.75 Å². The Labute approximate surface area is 146 Å². The number of thiazole rings is 1. The summed E-state index contributed by atoms with van der Waals surface area (Å²) < 4.78 is 10.7. The lowest BCUT2D eigenvalue weighted by atomic mass is 10.1. The Bertz CT molecular complexity index is 787. The maximum atomic E-state index is 11.8. The Morgan fingerprint density at radius 2 is 2.17 bits per heavy atom. The number of thioether (sulfide) groups is 1. The van der Waals surface area contributed by atoms with E-state index in [1.54, 1.807) is 18.7 Å². The van der Waals surface area contributed by atoms with E-state index in [1.165, 1.54) is 23.1 Å². The van der Waals surface area contributed by atoms with Crippen LogP contribution in [0.1, 0.15) is 11.5 Å². The Hall–Kier alpha value is -2.39. The van der Waals surface area contributed by atoms with Gasteiger partial charge in [-0.3, -0.25) is 4.79 Å². The molecule has 0 unspecified atom stereocenters. The van der Waals surface area contributed by atoms with Gasteiger partial charge >= 0.3 is 0 Å². The van der Waals surface area contributed by atoms with Crippen LogP contribution in [-0.4, -0.2) is 34.0 Å². The molecule has 1 N–H and O–H groups in total. The van der Waals surface area contributed by atoms with Crippen molar-refractivity contribution in [1.82, 2.24) is 15.2 Å². The topological polar surface area (TPSA) is 90.1 Å². The summed E-state index contributed by atoms with van der Waals surface area (Å²) in [5, 5.41) is 13.4. The van der Waals surface area contributed by atoms with Crippen molar-refractivity contribution < 1.29 is 13.9 Å². The van der Waals surface area contributed by atoms with Crippen molar-refractivity contribution in [1.29, 1.82) is 0 Å². The van der Waals surface area contributed by atoms with E-state index in [9.17, 15) is 4.79 Å². The van der Waals surface area contributed by atoms with Gasteiger partial charge in [0, 0.05) is 11.6 Å². The number of ether oxygens (including phenoxy) is 1. The van der Waals surface area contributed by atoms with Gasteiger partial charge in [0.15, 0.2) is 5.13 Å². The predicted molar refractivity (Wildman–Crippen MR) is 91.6 cm³/mol. The largest absolute Gasteiger partial charge is 0.497 e. The molecule has 3 rings (SSSR count). The molecule has 9 heteroatoms. The van der Waals surface area contributed by atoms with Crippen molar-refractivity contribution in [3.05, 3.63) is 47.3 Å². The van der Waals surface area contributed by atoms with Gasteiger partial charge in [-0.15, -0.1) is 21.5 Å². The number of carbonyl (C=O) groups is 1. The van der Waals surface area contributed by atoms with E-state index in [2.05, 4.69) is 20.5 Å². The summed E-state index contributed by atoms with van der Waals surface area (Å²) in [6, 6.07) is 7.64. The Morgan fingerprint density at radius 1 is 1.33 bits per heavy atom. The van der Waals surface area contributed by atoms with Gasteiger partial charge < -0.3 is 14.5 Å². The highest BCUT2D eigenvalue weighted by Gasteiger charge is 2.11. The van der Waals surface area contributed by atoms with Crippen LogP contribution in [0.15, 0.2) is 45.5 Å². The molecule has 0 bridgehead atoms. The van der Waals surface area contributed by atoms with E-state index in [-0.39, 0.29) is 11.7 Å². The molecule has 0 aliphatic heterocycles. The summed E-state index contributed by atoms with van der Waals surface area (Å²) in [6.07, 6.45) is 2.17. The van der Waals surface area contributed by atoms with Gasteiger partial charge in [-0.25, -0.2) is 4.98 Å². The minimum absolute atomic E-state index is 0.162. The number of carbonyl (C=O) groups excluding carboxylic acids is 1. The first-order valence-corrected chi connectivity index (χ1v) is 8.87. The molecule has 0 radical (unpaired) electrons. The summed E-state index contributed by atoms with van der Waals surface area (Å²) in [5.74, 6) is 1.32. The van der Waals surface area contributed by atoms with Crippen LogP contribution in [-0.2, 0) is 11.2 Å². The minimum Gasteiger partial charge on any atom is -0.497 e. The summed E-state index contributed by atoms with van der Waals surface area (Å²) in [6.45, 7) is 0. The molecule has 124 valence electrons. The molecule has 0 atom stereocenters. The van der Waals surface area contributed by atoms with E-state index in [4.69, 9.17) is 9.15 Å². The number of hydrogen-bond acceptors (Lipinski definition) is 8. The molecule has 0 fully saturated rings. The fourth-order valence-corrected chi connectivity index (χ4v) is 2.98. The summed E-state index contributed by atoms with van der Waals surface area (Å²) in [7, 11) is 1.63. The third-order valence-corrected chi connectivity index (χ3v) is 4.48. The molecule has 7 nitrogen and oxygen atoms in total. The maximum absolute atomic E-state index is 11.8. The third kappa shape index (κ3) is 4.56. The Kier molecular flexibility index (Phi) is 5.44. The predicted octanol–water partition coefficient (Wildman–Crippen LogP) is 2.86. The monoisotopic (exact) mass is 362 g/mol. The van der Waals surface area contributed by atoms with Gasteiger partial charge in [-0.2, -0.15) is 0 Å². The molecule has 1 amide bonds. The molecule has 2 aromatic heterocycles. The number of methoxy groups -OCH3 is 1. The van der Waals surface area contributed by atoms with Gasteiger partial charge in [-0.05, 0) is 17.7 Å².